The average Bonchev–Trinajstić information content (AvgIpc) is 2.54. The maximum Gasteiger partial charge on any atom is 0.224 e. The van der Waals surface area contributed by atoms with Gasteiger partial charge in [-0.05, 0) is 13.8 Å². The lowest BCUT2D eigenvalue weighted by atomic mass is 10.1. The fraction of sp³-hybridized carbons (Fsp3) is 0.600. The molecule has 92 valence electrons. The number of carbonyl (C=O) groups excluding carboxylic acids is 1. The van der Waals surface area contributed by atoms with Gasteiger partial charge in [0.2, 0.25) is 5.91 Å². The molecular formula is C10H18ClN3O2. The summed E-state index contributed by atoms with van der Waals surface area (Å²) in [6.45, 7) is 6.28. The van der Waals surface area contributed by atoms with Crippen LogP contribution in [-0.4, -0.2) is 17.6 Å². The van der Waals surface area contributed by atoms with Crippen molar-refractivity contribution >= 4 is 18.3 Å². The second kappa shape index (κ2) is 6.50. The van der Waals surface area contributed by atoms with Crippen molar-refractivity contribution in [3.63, 3.8) is 0 Å². The van der Waals surface area contributed by atoms with Gasteiger partial charge in [0.1, 0.15) is 5.76 Å². The number of rotatable bonds is 4. The van der Waals surface area contributed by atoms with Gasteiger partial charge in [-0.1, -0.05) is 12.1 Å². The van der Waals surface area contributed by atoms with Crippen LogP contribution in [0.25, 0.3) is 0 Å². The summed E-state index contributed by atoms with van der Waals surface area (Å²) in [6.07, 6.45) is 0. The van der Waals surface area contributed by atoms with Crippen molar-refractivity contribution in [3.05, 3.63) is 17.0 Å². The Bertz CT molecular complexity index is 332. The Morgan fingerprint density at radius 1 is 1.56 bits per heavy atom. The van der Waals surface area contributed by atoms with E-state index in [1.54, 1.807) is 6.92 Å². The van der Waals surface area contributed by atoms with Crippen LogP contribution in [0.1, 0.15) is 23.9 Å². The van der Waals surface area contributed by atoms with Gasteiger partial charge in [0.15, 0.2) is 0 Å². The Morgan fingerprint density at radius 2 is 2.19 bits per heavy atom. The molecule has 6 heteroatoms. The van der Waals surface area contributed by atoms with Gasteiger partial charge < -0.3 is 15.6 Å². The number of aryl methyl sites for hydroxylation is 2. The Kier molecular flexibility index (Phi) is 6.06. The summed E-state index contributed by atoms with van der Waals surface area (Å²) in [5.41, 5.74) is 7.14. The van der Waals surface area contributed by atoms with Crippen LogP contribution in [0.2, 0.25) is 0 Å². The molecule has 0 aromatic carbocycles. The minimum Gasteiger partial charge on any atom is -0.361 e. The molecule has 0 radical (unpaired) electrons. The van der Waals surface area contributed by atoms with E-state index in [1.165, 1.54) is 0 Å². The zero-order valence-electron chi connectivity index (χ0n) is 9.74. The van der Waals surface area contributed by atoms with Crippen LogP contribution < -0.4 is 11.1 Å². The molecule has 0 saturated heterocycles. The van der Waals surface area contributed by atoms with E-state index in [0.717, 1.165) is 17.0 Å². The van der Waals surface area contributed by atoms with Gasteiger partial charge in [-0.15, -0.1) is 12.4 Å². The molecule has 1 aromatic heterocycles. The Balaban J connectivity index is 0.00000225. The molecule has 0 fully saturated rings. The minimum absolute atomic E-state index is 0. The summed E-state index contributed by atoms with van der Waals surface area (Å²) in [4.78, 5) is 11.4. The zero-order chi connectivity index (χ0) is 11.4. The van der Waals surface area contributed by atoms with Gasteiger partial charge in [-0.2, -0.15) is 0 Å². The number of hydrogen-bond acceptors (Lipinski definition) is 4. The summed E-state index contributed by atoms with van der Waals surface area (Å²) in [6, 6.07) is 0. The number of aromatic nitrogens is 1. The third-order valence-electron chi connectivity index (χ3n) is 2.42. The molecule has 1 aromatic rings. The van der Waals surface area contributed by atoms with Gasteiger partial charge in [0.05, 0.1) is 5.69 Å². The number of nitrogens with zero attached hydrogens (tertiary/aromatic N) is 1. The zero-order valence-corrected chi connectivity index (χ0v) is 10.6. The van der Waals surface area contributed by atoms with Crippen molar-refractivity contribution in [3.8, 4) is 0 Å². The van der Waals surface area contributed by atoms with Crippen molar-refractivity contribution in [2.75, 3.05) is 6.54 Å². The molecule has 1 heterocycles. The van der Waals surface area contributed by atoms with Gasteiger partial charge in [0.25, 0.3) is 0 Å². The quantitative estimate of drug-likeness (QED) is 0.829. The minimum atomic E-state index is -0.162. The van der Waals surface area contributed by atoms with Gasteiger partial charge >= 0.3 is 0 Å². The van der Waals surface area contributed by atoms with Gasteiger partial charge in [0, 0.05) is 24.6 Å². The SMILES string of the molecule is Cc1noc(C)c1CNC(=O)C(C)CN.Cl. The van der Waals surface area contributed by atoms with Crippen LogP contribution in [0.3, 0.4) is 0 Å². The first-order valence-electron chi connectivity index (χ1n) is 4.95. The first kappa shape index (κ1) is 14.9. The normalized spacial score (nSPS) is 11.8. The molecule has 0 spiro atoms. The molecule has 1 unspecified atom stereocenters. The molecule has 0 aliphatic carbocycles. The maximum absolute atomic E-state index is 11.4. The fourth-order valence-corrected chi connectivity index (χ4v) is 1.21. The second-order valence-corrected chi connectivity index (χ2v) is 3.66. The highest BCUT2D eigenvalue weighted by molar-refractivity contribution is 5.85. The predicted octanol–water partition coefficient (Wildman–Crippen LogP) is 0.924. The number of nitrogens with two attached hydrogens (primary N) is 1. The molecule has 0 saturated carbocycles. The summed E-state index contributed by atoms with van der Waals surface area (Å²) < 4.78 is 4.99. The van der Waals surface area contributed by atoms with Crippen molar-refractivity contribution in [1.82, 2.24) is 10.5 Å². The molecule has 0 aliphatic heterocycles. The van der Waals surface area contributed by atoms with E-state index >= 15 is 0 Å². The van der Waals surface area contributed by atoms with E-state index in [9.17, 15) is 4.79 Å². The third kappa shape index (κ3) is 3.50. The third-order valence-corrected chi connectivity index (χ3v) is 2.42. The molecule has 16 heavy (non-hydrogen) atoms. The lowest BCUT2D eigenvalue weighted by Gasteiger charge is -2.09. The van der Waals surface area contributed by atoms with E-state index in [2.05, 4.69) is 10.5 Å². The van der Waals surface area contributed by atoms with Gasteiger partial charge in [-0.3, -0.25) is 4.79 Å². The van der Waals surface area contributed by atoms with Crippen LogP contribution in [0.4, 0.5) is 0 Å². The first-order chi connectivity index (χ1) is 7.06. The maximum atomic E-state index is 11.4. The Morgan fingerprint density at radius 3 is 2.62 bits per heavy atom. The summed E-state index contributed by atoms with van der Waals surface area (Å²) in [5.74, 6) is 0.538. The Hall–Kier alpha value is -1.07. The smallest absolute Gasteiger partial charge is 0.224 e. The van der Waals surface area contributed by atoms with Gasteiger partial charge in [-0.25, -0.2) is 0 Å². The first-order valence-corrected chi connectivity index (χ1v) is 4.95. The van der Waals surface area contributed by atoms with E-state index < -0.39 is 0 Å². The van der Waals surface area contributed by atoms with E-state index in [1.807, 2.05) is 13.8 Å². The molecule has 0 aliphatic rings. The molecular weight excluding hydrogens is 230 g/mol. The summed E-state index contributed by atoms with van der Waals surface area (Å²) in [5, 5.41) is 6.61. The van der Waals surface area contributed by atoms with E-state index in [-0.39, 0.29) is 24.2 Å². The number of carbonyl (C=O) groups is 1. The van der Waals surface area contributed by atoms with Crippen molar-refractivity contribution in [2.45, 2.75) is 27.3 Å². The van der Waals surface area contributed by atoms with Crippen molar-refractivity contribution in [1.29, 1.82) is 0 Å². The molecule has 1 rings (SSSR count). The molecule has 0 bridgehead atoms. The standard InChI is InChI=1S/C10H17N3O2.ClH/c1-6(4-11)10(14)12-5-9-7(2)13-15-8(9)3;/h6H,4-5,11H2,1-3H3,(H,12,14);1H. The molecule has 1 atom stereocenters. The summed E-state index contributed by atoms with van der Waals surface area (Å²) in [7, 11) is 0. The molecule has 3 N–H and O–H groups in total. The van der Waals surface area contributed by atoms with E-state index in [4.69, 9.17) is 10.3 Å². The van der Waals surface area contributed by atoms with Crippen LogP contribution in [0, 0.1) is 19.8 Å². The highest BCUT2D eigenvalue weighted by atomic mass is 35.5. The second-order valence-electron chi connectivity index (χ2n) is 3.66. The monoisotopic (exact) mass is 247 g/mol. The topological polar surface area (TPSA) is 81.2 Å². The molecule has 1 amide bonds. The van der Waals surface area contributed by atoms with Crippen LogP contribution in [0.5, 0.6) is 0 Å². The number of amides is 1. The Labute approximate surface area is 101 Å². The fourth-order valence-electron chi connectivity index (χ4n) is 1.21. The highest BCUT2D eigenvalue weighted by Gasteiger charge is 2.13. The van der Waals surface area contributed by atoms with E-state index in [0.29, 0.717) is 13.1 Å². The lowest BCUT2D eigenvalue weighted by Crippen LogP contribution is -2.32. The van der Waals surface area contributed by atoms with Crippen LogP contribution in [-0.2, 0) is 11.3 Å². The largest absolute Gasteiger partial charge is 0.361 e. The van der Waals surface area contributed by atoms with Crippen molar-refractivity contribution < 1.29 is 9.32 Å². The van der Waals surface area contributed by atoms with Crippen LogP contribution >= 0.6 is 12.4 Å². The number of halogens is 1. The number of nitrogens with one attached hydrogen (secondary N) is 1. The van der Waals surface area contributed by atoms with Crippen LogP contribution in [0.15, 0.2) is 4.52 Å². The average molecular weight is 248 g/mol. The molecule has 5 nitrogen and oxygen atoms in total. The highest BCUT2D eigenvalue weighted by Crippen LogP contribution is 2.11. The lowest BCUT2D eigenvalue weighted by molar-refractivity contribution is -0.124. The number of hydrogen-bond donors (Lipinski definition) is 2. The predicted molar refractivity (Wildman–Crippen MR) is 63.3 cm³/mol. The van der Waals surface area contributed by atoms with Crippen molar-refractivity contribution in [2.24, 2.45) is 11.7 Å². The summed E-state index contributed by atoms with van der Waals surface area (Å²) >= 11 is 0.